The molecule has 1 rings (SSSR count). The first-order valence-electron chi connectivity index (χ1n) is 28.2. The van der Waals surface area contributed by atoms with Crippen molar-refractivity contribution in [1.29, 1.82) is 0 Å². The molecule has 0 radical (unpaired) electrons. The van der Waals surface area contributed by atoms with E-state index in [0.29, 0.717) is 12.3 Å². The molecule has 0 aliphatic carbocycles. The highest BCUT2D eigenvalue weighted by atomic mass is 16.3. The zero-order chi connectivity index (χ0) is 60.8. The van der Waals surface area contributed by atoms with E-state index in [0.717, 1.165) is 12.8 Å². The molecule has 1 heterocycles. The molecule has 27 heteroatoms. The number of amides is 8. The Morgan fingerprint density at radius 1 is 0.562 bits per heavy atom. The summed E-state index contributed by atoms with van der Waals surface area (Å²) >= 11 is 0. The Kier molecular flexibility index (Phi) is 34.6. The molecule has 13 atom stereocenters. The van der Waals surface area contributed by atoms with Crippen molar-refractivity contribution in [2.75, 3.05) is 39.3 Å². The van der Waals surface area contributed by atoms with E-state index in [1.54, 1.807) is 13.8 Å². The Hall–Kier alpha value is -5.55. The van der Waals surface area contributed by atoms with Crippen molar-refractivity contribution in [2.24, 2.45) is 58.3 Å². The fourth-order valence-electron chi connectivity index (χ4n) is 9.15. The summed E-state index contributed by atoms with van der Waals surface area (Å²) in [4.78, 5) is 152. The summed E-state index contributed by atoms with van der Waals surface area (Å²) in [6.45, 7) is 10.4. The summed E-state index contributed by atoms with van der Waals surface area (Å²) in [7, 11) is 0. The molecule has 1 fully saturated rings. The van der Waals surface area contributed by atoms with E-state index in [4.69, 9.17) is 28.7 Å². The fraction of sp³-hybridized carbons (Fsp3) is 0.792. The Morgan fingerprint density at radius 3 is 1.57 bits per heavy atom. The third kappa shape index (κ3) is 26.4. The molecule has 1 aliphatic rings. The Balaban J connectivity index is 3.81. The molecule has 21 N–H and O–H groups in total. The largest absolute Gasteiger partial charge is 0.391 e. The number of Topliss-reactive ketones (excluding diaryl/α,β-unsaturated/α-hetero) is 3. The van der Waals surface area contributed by atoms with Crippen LogP contribution in [0.2, 0.25) is 0 Å². The normalized spacial score (nSPS) is 23.9. The number of rotatable bonds is 29. The van der Waals surface area contributed by atoms with Crippen molar-refractivity contribution in [2.45, 2.75) is 199 Å². The number of carbonyl (C=O) groups excluding carboxylic acids is 11. The van der Waals surface area contributed by atoms with Crippen molar-refractivity contribution in [3.05, 3.63) is 0 Å². The van der Waals surface area contributed by atoms with Gasteiger partial charge in [0.25, 0.3) is 0 Å². The number of aliphatic hydroxyl groups is 3. The van der Waals surface area contributed by atoms with Gasteiger partial charge in [-0.1, -0.05) is 40.5 Å². The van der Waals surface area contributed by atoms with E-state index in [-0.39, 0.29) is 95.8 Å². The van der Waals surface area contributed by atoms with E-state index >= 15 is 0 Å². The molecule has 0 unspecified atom stereocenters. The lowest BCUT2D eigenvalue weighted by molar-refractivity contribution is -0.138. The highest BCUT2D eigenvalue weighted by molar-refractivity contribution is 5.99. The van der Waals surface area contributed by atoms with Gasteiger partial charge < -0.3 is 86.5 Å². The van der Waals surface area contributed by atoms with Crippen LogP contribution in [-0.4, -0.2) is 180 Å². The Morgan fingerprint density at radius 2 is 1.06 bits per heavy atom. The molecule has 0 aromatic heterocycles. The van der Waals surface area contributed by atoms with Crippen LogP contribution in [0.15, 0.2) is 0 Å². The summed E-state index contributed by atoms with van der Waals surface area (Å²) in [5, 5.41) is 52.3. The zero-order valence-electron chi connectivity index (χ0n) is 48.0. The van der Waals surface area contributed by atoms with Crippen molar-refractivity contribution in [3.8, 4) is 0 Å². The van der Waals surface area contributed by atoms with Crippen LogP contribution < -0.4 is 71.2 Å². The quantitative estimate of drug-likeness (QED) is 0.0316. The van der Waals surface area contributed by atoms with Gasteiger partial charge in [0, 0.05) is 50.0 Å². The van der Waals surface area contributed by atoms with Crippen LogP contribution in [0.4, 0.5) is 0 Å². The molecule has 0 saturated carbocycles. The summed E-state index contributed by atoms with van der Waals surface area (Å²) in [5.74, 6) is -12.0. The topological polar surface area (TPSA) is 475 Å². The smallest absolute Gasteiger partial charge is 0.245 e. The summed E-state index contributed by atoms with van der Waals surface area (Å²) < 4.78 is 0. The van der Waals surface area contributed by atoms with Crippen molar-refractivity contribution < 1.29 is 68.1 Å². The first-order valence-corrected chi connectivity index (χ1v) is 28.2. The lowest BCUT2D eigenvalue weighted by Crippen LogP contribution is -2.61. The molecule has 0 bridgehead atoms. The van der Waals surface area contributed by atoms with Gasteiger partial charge in [-0.3, -0.25) is 52.7 Å². The average molecular weight is 1140 g/mol. The third-order valence-corrected chi connectivity index (χ3v) is 13.7. The maximum Gasteiger partial charge on any atom is 0.245 e. The first kappa shape index (κ1) is 72.5. The van der Waals surface area contributed by atoms with Crippen molar-refractivity contribution in [3.63, 3.8) is 0 Å². The molecule has 1 saturated heterocycles. The molecule has 1 aliphatic heterocycles. The number of aliphatic hydroxyl groups excluding tert-OH is 3. The van der Waals surface area contributed by atoms with Crippen molar-refractivity contribution in [1.82, 2.24) is 42.5 Å². The molecule has 0 aromatic carbocycles. The predicted octanol–water partition coefficient (Wildman–Crippen LogP) is -4.23. The predicted molar refractivity (Wildman–Crippen MR) is 297 cm³/mol. The highest BCUT2D eigenvalue weighted by Crippen LogP contribution is 2.21. The summed E-state index contributed by atoms with van der Waals surface area (Å²) in [6, 6.07) is -10.8. The molecule has 0 aromatic rings. The lowest BCUT2D eigenvalue weighted by Gasteiger charge is -2.28. The first-order chi connectivity index (χ1) is 37.6. The monoisotopic (exact) mass is 1140 g/mol. The van der Waals surface area contributed by atoms with E-state index in [1.807, 2.05) is 0 Å². The maximum absolute atomic E-state index is 14.4. The molecular weight excluding hydrogens is 1040 g/mol. The zero-order valence-corrected chi connectivity index (χ0v) is 48.0. The molecule has 0 spiro atoms. The minimum atomic E-state index is -1.68. The minimum absolute atomic E-state index is 0.0530. The number of carbonyl (C=O) groups is 11. The van der Waals surface area contributed by atoms with Gasteiger partial charge in [0.1, 0.15) is 42.0 Å². The number of nitrogens with two attached hydrogens (primary N) is 5. The van der Waals surface area contributed by atoms with E-state index in [1.165, 1.54) is 20.8 Å². The molecule has 27 nitrogen and oxygen atoms in total. The van der Waals surface area contributed by atoms with Crippen LogP contribution in [0.5, 0.6) is 0 Å². The van der Waals surface area contributed by atoms with Crippen LogP contribution >= 0.6 is 0 Å². The van der Waals surface area contributed by atoms with Gasteiger partial charge in [-0.2, -0.15) is 0 Å². The standard InChI is InChI=1S/C53H97N13O14/c1-28(2)10-8-9-11-36(70)25-33(12-18-54)47(74)64-43(30(5)67)42(72)26-34(13-19-55)46(73)61-40-17-23-59-52(79)44(31(6)68)66-51(78)39(16-22-58)62-49(76)38(15-21-57)63-53(80)45(32(7)69)65-48(75)35(24-29(3)4)27-41(71)37(14-20-56)60-50(40)77/h28-35,37-40,43-45,67-69H,8-27,54-58H2,1-7H3,(H,59,79)(H,60,77)(H,61,73)(H,62,76)(H,63,80)(H,64,74)(H,65,75)(H,66,78)/t30-,31-,32-,33-,34-,35+,37+,38+,39+,40+,43+,44+,45+/m1/s1. The minimum Gasteiger partial charge on any atom is -0.391 e. The van der Waals surface area contributed by atoms with Gasteiger partial charge in [-0.15, -0.1) is 0 Å². The second-order valence-electron chi connectivity index (χ2n) is 21.8. The maximum atomic E-state index is 14.4. The highest BCUT2D eigenvalue weighted by Gasteiger charge is 2.38. The fourth-order valence-corrected chi connectivity index (χ4v) is 9.15. The molecule has 80 heavy (non-hydrogen) atoms. The molecule has 458 valence electrons. The van der Waals surface area contributed by atoms with Gasteiger partial charge in [-0.25, -0.2) is 0 Å². The average Bonchev–Trinajstić information content (AvgIpc) is 3.37. The van der Waals surface area contributed by atoms with Gasteiger partial charge in [0.15, 0.2) is 11.6 Å². The number of ketones is 3. The van der Waals surface area contributed by atoms with Crippen LogP contribution in [0.3, 0.4) is 0 Å². The van der Waals surface area contributed by atoms with Gasteiger partial charge >= 0.3 is 0 Å². The number of nitrogens with one attached hydrogen (secondary N) is 8. The van der Waals surface area contributed by atoms with Crippen LogP contribution in [0, 0.1) is 29.6 Å². The van der Waals surface area contributed by atoms with Crippen molar-refractivity contribution >= 4 is 64.6 Å². The molecular formula is C53H97N13O14. The van der Waals surface area contributed by atoms with E-state index < -0.39 is 163 Å². The van der Waals surface area contributed by atoms with E-state index in [2.05, 4.69) is 56.4 Å². The van der Waals surface area contributed by atoms with Gasteiger partial charge in [-0.05, 0) is 117 Å². The Bertz CT molecular complexity index is 2030. The van der Waals surface area contributed by atoms with Crippen LogP contribution in [-0.2, 0) is 52.7 Å². The molecule has 8 amide bonds. The third-order valence-electron chi connectivity index (χ3n) is 13.7. The summed E-state index contributed by atoms with van der Waals surface area (Å²) in [6.07, 6.45) is -4.09. The van der Waals surface area contributed by atoms with Crippen LogP contribution in [0.1, 0.15) is 138 Å². The number of unbranched alkanes of at least 4 members (excludes halogenated alkanes) is 1. The second-order valence-corrected chi connectivity index (χ2v) is 21.8. The van der Waals surface area contributed by atoms with Gasteiger partial charge in [0.2, 0.25) is 47.3 Å². The number of hydrogen-bond donors (Lipinski definition) is 16. The Labute approximate surface area is 470 Å². The van der Waals surface area contributed by atoms with Gasteiger partial charge in [0.05, 0.1) is 24.4 Å². The number of hydrogen-bond acceptors (Lipinski definition) is 19. The van der Waals surface area contributed by atoms with Crippen LogP contribution in [0.25, 0.3) is 0 Å². The summed E-state index contributed by atoms with van der Waals surface area (Å²) in [5.41, 5.74) is 29.2. The lowest BCUT2D eigenvalue weighted by atomic mass is 9.88. The SMILES string of the molecule is CC(C)CCCCC(=O)C[C@@H](CCN)C(=O)N[C@H](C(=O)C[C@@H](CCN)C(=O)N[C@H]1CCNC(=O)[C@H]([C@@H](C)O)NC(=O)[C@H](CCN)NC(=O)[C@H](CCN)NC(=O)[C@H]([C@@H](C)O)NC(=O)[C@@H](CC(C)C)CC(=O)[C@H](CCN)NC1=O)[C@@H](C)O. The van der Waals surface area contributed by atoms with E-state index in [9.17, 15) is 68.1 Å². The second kappa shape index (κ2) is 38.2.